The van der Waals surface area contributed by atoms with E-state index in [0.717, 1.165) is 23.4 Å². The van der Waals surface area contributed by atoms with Crippen molar-refractivity contribution in [3.63, 3.8) is 0 Å². The molecular formula is C13H14N4O2. The molecule has 1 aliphatic heterocycles. The molecule has 1 aliphatic rings. The molecule has 0 radical (unpaired) electrons. The SMILES string of the molecule is NC(=O)Nc1ccc2c(c1)C(c1cnc[nH]1)CCO2. The molecule has 98 valence electrons. The molecule has 4 N–H and O–H groups in total. The smallest absolute Gasteiger partial charge is 0.316 e. The zero-order chi connectivity index (χ0) is 13.2. The van der Waals surface area contributed by atoms with Crippen LogP contribution in [-0.4, -0.2) is 22.6 Å². The molecule has 0 saturated carbocycles. The minimum atomic E-state index is -0.574. The van der Waals surface area contributed by atoms with Crippen LogP contribution in [0.5, 0.6) is 5.75 Å². The molecule has 1 atom stereocenters. The number of nitrogens with one attached hydrogen (secondary N) is 2. The van der Waals surface area contributed by atoms with E-state index in [1.807, 2.05) is 18.3 Å². The number of rotatable bonds is 2. The highest BCUT2D eigenvalue weighted by Gasteiger charge is 2.24. The van der Waals surface area contributed by atoms with Gasteiger partial charge in [-0.1, -0.05) is 0 Å². The average molecular weight is 258 g/mol. The normalized spacial score (nSPS) is 17.4. The minimum Gasteiger partial charge on any atom is -0.493 e. The average Bonchev–Trinajstić information content (AvgIpc) is 2.91. The zero-order valence-corrected chi connectivity index (χ0v) is 10.2. The van der Waals surface area contributed by atoms with Gasteiger partial charge in [0.1, 0.15) is 5.75 Å². The number of benzene rings is 1. The number of nitrogens with two attached hydrogens (primary N) is 1. The van der Waals surface area contributed by atoms with Gasteiger partial charge in [-0.3, -0.25) is 0 Å². The van der Waals surface area contributed by atoms with Gasteiger partial charge in [0.05, 0.1) is 12.9 Å². The van der Waals surface area contributed by atoms with Crippen molar-refractivity contribution in [2.75, 3.05) is 11.9 Å². The maximum absolute atomic E-state index is 10.9. The summed E-state index contributed by atoms with van der Waals surface area (Å²) in [7, 11) is 0. The molecule has 1 unspecified atom stereocenters. The standard InChI is InChI=1S/C13H14N4O2/c14-13(18)17-8-1-2-12-10(5-8)9(3-4-19-12)11-6-15-7-16-11/h1-2,5-7,9H,3-4H2,(H,15,16)(H3,14,17,18). The highest BCUT2D eigenvalue weighted by atomic mass is 16.5. The third kappa shape index (κ3) is 2.24. The van der Waals surface area contributed by atoms with Crippen LogP contribution < -0.4 is 15.8 Å². The first kappa shape index (κ1) is 11.6. The van der Waals surface area contributed by atoms with Crippen molar-refractivity contribution >= 4 is 11.7 Å². The fourth-order valence-electron chi connectivity index (χ4n) is 2.39. The molecule has 1 aromatic heterocycles. The predicted octanol–water partition coefficient (Wildman–Crippen LogP) is 1.81. The van der Waals surface area contributed by atoms with Crippen molar-refractivity contribution in [1.29, 1.82) is 0 Å². The Morgan fingerprint density at radius 2 is 2.42 bits per heavy atom. The Bertz CT molecular complexity index is 595. The maximum Gasteiger partial charge on any atom is 0.316 e. The number of aromatic nitrogens is 2. The van der Waals surface area contributed by atoms with Crippen LogP contribution in [0.4, 0.5) is 10.5 Å². The summed E-state index contributed by atoms with van der Waals surface area (Å²) in [6, 6.07) is 4.95. The number of urea groups is 1. The van der Waals surface area contributed by atoms with Crippen molar-refractivity contribution in [3.05, 3.63) is 42.0 Å². The van der Waals surface area contributed by atoms with E-state index in [1.54, 1.807) is 12.4 Å². The second-order valence-corrected chi connectivity index (χ2v) is 4.44. The van der Waals surface area contributed by atoms with Crippen molar-refractivity contribution in [1.82, 2.24) is 9.97 Å². The van der Waals surface area contributed by atoms with Crippen molar-refractivity contribution in [3.8, 4) is 5.75 Å². The van der Waals surface area contributed by atoms with Gasteiger partial charge >= 0.3 is 6.03 Å². The summed E-state index contributed by atoms with van der Waals surface area (Å²) in [5.41, 5.74) is 7.87. The van der Waals surface area contributed by atoms with Gasteiger partial charge in [-0.2, -0.15) is 0 Å². The molecule has 19 heavy (non-hydrogen) atoms. The number of nitrogens with zero attached hydrogens (tertiary/aromatic N) is 1. The summed E-state index contributed by atoms with van der Waals surface area (Å²) in [6.45, 7) is 0.666. The first-order valence-electron chi connectivity index (χ1n) is 6.05. The van der Waals surface area contributed by atoms with Crippen molar-refractivity contribution < 1.29 is 9.53 Å². The number of carbonyl (C=O) groups excluding carboxylic acids is 1. The zero-order valence-electron chi connectivity index (χ0n) is 10.2. The molecule has 2 amide bonds. The maximum atomic E-state index is 10.9. The van der Waals surface area contributed by atoms with Crippen LogP contribution in [0.25, 0.3) is 0 Å². The van der Waals surface area contributed by atoms with Crippen LogP contribution in [0.15, 0.2) is 30.7 Å². The van der Waals surface area contributed by atoms with Gasteiger partial charge < -0.3 is 20.8 Å². The van der Waals surface area contributed by atoms with E-state index in [0.29, 0.717) is 12.3 Å². The second kappa shape index (κ2) is 4.64. The molecule has 3 rings (SSSR count). The van der Waals surface area contributed by atoms with Gasteiger partial charge in [-0.15, -0.1) is 0 Å². The van der Waals surface area contributed by atoms with Gasteiger partial charge in [0.25, 0.3) is 0 Å². The van der Waals surface area contributed by atoms with Gasteiger partial charge in [-0.05, 0) is 24.6 Å². The van der Waals surface area contributed by atoms with E-state index in [4.69, 9.17) is 10.5 Å². The lowest BCUT2D eigenvalue weighted by atomic mass is 9.90. The van der Waals surface area contributed by atoms with Crippen LogP contribution in [0.2, 0.25) is 0 Å². The molecule has 0 spiro atoms. The Balaban J connectivity index is 1.99. The summed E-state index contributed by atoms with van der Waals surface area (Å²) in [4.78, 5) is 18.1. The number of ether oxygens (including phenoxy) is 1. The number of H-pyrrole nitrogens is 1. The Hall–Kier alpha value is -2.50. The lowest BCUT2D eigenvalue weighted by Gasteiger charge is -2.25. The quantitative estimate of drug-likeness (QED) is 0.767. The molecule has 0 saturated heterocycles. The highest BCUT2D eigenvalue weighted by molar-refractivity contribution is 5.88. The van der Waals surface area contributed by atoms with Gasteiger partial charge in [0, 0.05) is 29.1 Å². The number of carbonyl (C=O) groups is 1. The van der Waals surface area contributed by atoms with Gasteiger partial charge in [0.2, 0.25) is 0 Å². The Morgan fingerprint density at radius 1 is 1.53 bits per heavy atom. The van der Waals surface area contributed by atoms with Crippen LogP contribution >= 0.6 is 0 Å². The van der Waals surface area contributed by atoms with E-state index in [1.165, 1.54) is 0 Å². The van der Waals surface area contributed by atoms with E-state index in [9.17, 15) is 4.79 Å². The first-order valence-corrected chi connectivity index (χ1v) is 6.05. The summed E-state index contributed by atoms with van der Waals surface area (Å²) in [5.74, 6) is 1.03. The second-order valence-electron chi connectivity index (χ2n) is 4.44. The Labute approximate surface area is 110 Å². The summed E-state index contributed by atoms with van der Waals surface area (Å²) >= 11 is 0. The lowest BCUT2D eigenvalue weighted by molar-refractivity contribution is 0.259. The number of fused-ring (bicyclic) bond motifs is 1. The number of hydrogen-bond acceptors (Lipinski definition) is 3. The fraction of sp³-hybridized carbons (Fsp3) is 0.231. The molecular weight excluding hydrogens is 244 g/mol. The monoisotopic (exact) mass is 258 g/mol. The molecule has 0 aliphatic carbocycles. The Morgan fingerprint density at radius 3 is 3.16 bits per heavy atom. The summed E-state index contributed by atoms with van der Waals surface area (Å²) in [6.07, 6.45) is 4.35. The van der Waals surface area contributed by atoms with E-state index >= 15 is 0 Å². The molecule has 2 aromatic rings. The molecule has 2 heterocycles. The van der Waals surface area contributed by atoms with Crippen LogP contribution in [0.1, 0.15) is 23.6 Å². The lowest BCUT2D eigenvalue weighted by Crippen LogP contribution is -2.20. The van der Waals surface area contributed by atoms with E-state index in [-0.39, 0.29) is 5.92 Å². The minimum absolute atomic E-state index is 0.195. The van der Waals surface area contributed by atoms with Crippen LogP contribution in [-0.2, 0) is 0 Å². The third-order valence-electron chi connectivity index (χ3n) is 3.21. The first-order chi connectivity index (χ1) is 9.24. The molecule has 6 heteroatoms. The predicted molar refractivity (Wildman–Crippen MR) is 70.2 cm³/mol. The number of primary amides is 1. The van der Waals surface area contributed by atoms with Gasteiger partial charge in [0.15, 0.2) is 0 Å². The fourth-order valence-corrected chi connectivity index (χ4v) is 2.39. The van der Waals surface area contributed by atoms with Crippen molar-refractivity contribution in [2.24, 2.45) is 5.73 Å². The topological polar surface area (TPSA) is 93.0 Å². The molecule has 6 nitrogen and oxygen atoms in total. The number of hydrogen-bond donors (Lipinski definition) is 3. The Kier molecular flexibility index (Phi) is 2.83. The van der Waals surface area contributed by atoms with E-state index < -0.39 is 6.03 Å². The number of imidazole rings is 1. The van der Waals surface area contributed by atoms with E-state index in [2.05, 4.69) is 15.3 Å². The van der Waals surface area contributed by atoms with Crippen LogP contribution in [0, 0.1) is 0 Å². The number of anilines is 1. The number of amides is 2. The van der Waals surface area contributed by atoms with Gasteiger partial charge in [-0.25, -0.2) is 9.78 Å². The molecule has 0 fully saturated rings. The summed E-state index contributed by atoms with van der Waals surface area (Å²) < 4.78 is 5.63. The molecule has 1 aromatic carbocycles. The largest absolute Gasteiger partial charge is 0.493 e. The van der Waals surface area contributed by atoms with Crippen molar-refractivity contribution in [2.45, 2.75) is 12.3 Å². The van der Waals surface area contributed by atoms with Crippen LogP contribution in [0.3, 0.4) is 0 Å². The third-order valence-corrected chi connectivity index (χ3v) is 3.21. The molecule has 0 bridgehead atoms. The number of aromatic amines is 1. The highest BCUT2D eigenvalue weighted by Crippen LogP contribution is 2.38. The summed E-state index contributed by atoms with van der Waals surface area (Å²) in [5, 5.41) is 2.58.